The number of aromatic nitrogens is 1. The molecule has 0 radical (unpaired) electrons. The molecule has 0 saturated heterocycles. The van der Waals surface area contributed by atoms with Crippen molar-refractivity contribution in [3.63, 3.8) is 0 Å². The van der Waals surface area contributed by atoms with Crippen LogP contribution in [0.1, 0.15) is 5.56 Å². The van der Waals surface area contributed by atoms with Crippen molar-refractivity contribution in [1.29, 1.82) is 0 Å². The van der Waals surface area contributed by atoms with Gasteiger partial charge in [0.2, 0.25) is 0 Å². The van der Waals surface area contributed by atoms with Gasteiger partial charge in [0.1, 0.15) is 5.52 Å². The van der Waals surface area contributed by atoms with Crippen molar-refractivity contribution in [3.05, 3.63) is 23.8 Å². The molecule has 4 heteroatoms. The minimum absolute atomic E-state index is 0.279. The minimum atomic E-state index is 0.279. The molecule has 0 aliphatic heterocycles. The average Bonchev–Trinajstić information content (AvgIpc) is 2.58. The summed E-state index contributed by atoms with van der Waals surface area (Å²) in [5.41, 5.74) is 2.51. The van der Waals surface area contributed by atoms with Crippen LogP contribution >= 0.6 is 11.6 Å². The third kappa shape index (κ3) is 1.47. The minimum Gasteiger partial charge on any atom is -0.453 e. The molecule has 0 unspecified atom stereocenters. The van der Waals surface area contributed by atoms with Crippen LogP contribution in [0.3, 0.4) is 0 Å². The third-order valence-corrected chi connectivity index (χ3v) is 2.07. The van der Waals surface area contributed by atoms with Gasteiger partial charge in [0.25, 0.3) is 0 Å². The van der Waals surface area contributed by atoms with E-state index in [1.165, 1.54) is 7.11 Å². The van der Waals surface area contributed by atoms with Crippen molar-refractivity contribution in [3.8, 4) is 6.08 Å². The standard InChI is InChI=1S/C9H8ClNO2/c1-12-9-11-7-4-6(5-10)2-3-8(7)13-9/h2-4H,5H2,1H3. The molecular formula is C9H8ClNO2. The van der Waals surface area contributed by atoms with Crippen LogP contribution in [0, 0.1) is 0 Å². The fraction of sp³-hybridized carbons (Fsp3) is 0.222. The Morgan fingerprint density at radius 2 is 2.38 bits per heavy atom. The van der Waals surface area contributed by atoms with E-state index < -0.39 is 0 Å². The number of hydrogen-bond donors (Lipinski definition) is 0. The SMILES string of the molecule is COc1nc2cc(CCl)ccc2o1. The average molecular weight is 198 g/mol. The van der Waals surface area contributed by atoms with Gasteiger partial charge in [-0.25, -0.2) is 0 Å². The number of benzene rings is 1. The van der Waals surface area contributed by atoms with Gasteiger partial charge in [-0.2, -0.15) is 4.98 Å². The van der Waals surface area contributed by atoms with Gasteiger partial charge in [-0.3, -0.25) is 0 Å². The van der Waals surface area contributed by atoms with Crippen molar-refractivity contribution in [1.82, 2.24) is 4.98 Å². The number of methoxy groups -OCH3 is 1. The predicted molar refractivity (Wildman–Crippen MR) is 50.1 cm³/mol. The molecule has 2 rings (SSSR count). The van der Waals surface area contributed by atoms with E-state index in [0.717, 1.165) is 11.1 Å². The molecular weight excluding hydrogens is 190 g/mol. The van der Waals surface area contributed by atoms with E-state index >= 15 is 0 Å². The molecule has 0 aliphatic carbocycles. The number of hydrogen-bond acceptors (Lipinski definition) is 3. The molecule has 0 amide bonds. The van der Waals surface area contributed by atoms with Crippen molar-refractivity contribution < 1.29 is 9.15 Å². The van der Waals surface area contributed by atoms with Crippen molar-refractivity contribution >= 4 is 22.7 Å². The van der Waals surface area contributed by atoms with E-state index in [-0.39, 0.29) is 6.08 Å². The first kappa shape index (κ1) is 8.38. The number of halogens is 1. The number of nitrogens with zero attached hydrogens (tertiary/aromatic N) is 1. The van der Waals surface area contributed by atoms with Gasteiger partial charge in [0.15, 0.2) is 5.58 Å². The highest BCUT2D eigenvalue weighted by atomic mass is 35.5. The second kappa shape index (κ2) is 3.26. The smallest absolute Gasteiger partial charge is 0.394 e. The van der Waals surface area contributed by atoms with Gasteiger partial charge < -0.3 is 9.15 Å². The van der Waals surface area contributed by atoms with Gasteiger partial charge in [-0.1, -0.05) is 6.07 Å². The Bertz CT molecular complexity index is 422. The zero-order valence-corrected chi connectivity index (χ0v) is 7.84. The van der Waals surface area contributed by atoms with Gasteiger partial charge in [0.05, 0.1) is 7.11 Å². The molecule has 0 saturated carbocycles. The van der Waals surface area contributed by atoms with Crippen LogP contribution in [0.4, 0.5) is 0 Å². The molecule has 13 heavy (non-hydrogen) atoms. The molecule has 0 aliphatic rings. The van der Waals surface area contributed by atoms with E-state index in [2.05, 4.69) is 4.98 Å². The Labute approximate surface area is 80.3 Å². The summed E-state index contributed by atoms with van der Waals surface area (Å²) in [5.74, 6) is 0.477. The summed E-state index contributed by atoms with van der Waals surface area (Å²) in [4.78, 5) is 4.09. The van der Waals surface area contributed by atoms with E-state index in [1.54, 1.807) is 0 Å². The Morgan fingerprint density at radius 1 is 1.54 bits per heavy atom. The van der Waals surface area contributed by atoms with Crippen molar-refractivity contribution in [2.45, 2.75) is 5.88 Å². The highest BCUT2D eigenvalue weighted by Gasteiger charge is 2.05. The van der Waals surface area contributed by atoms with E-state index in [0.29, 0.717) is 11.5 Å². The van der Waals surface area contributed by atoms with Crippen molar-refractivity contribution in [2.75, 3.05) is 7.11 Å². The zero-order chi connectivity index (χ0) is 9.26. The van der Waals surface area contributed by atoms with Crippen LogP contribution in [0.2, 0.25) is 0 Å². The lowest BCUT2D eigenvalue weighted by molar-refractivity contribution is 0.299. The largest absolute Gasteiger partial charge is 0.453 e. The Hall–Kier alpha value is -1.22. The maximum absolute atomic E-state index is 5.68. The van der Waals surface area contributed by atoms with E-state index in [4.69, 9.17) is 20.8 Å². The lowest BCUT2D eigenvalue weighted by Gasteiger charge is -1.91. The van der Waals surface area contributed by atoms with Crippen LogP contribution in [0.25, 0.3) is 11.1 Å². The molecule has 1 aromatic heterocycles. The molecule has 3 nitrogen and oxygen atoms in total. The first-order valence-electron chi connectivity index (χ1n) is 3.83. The molecule has 0 bridgehead atoms. The third-order valence-electron chi connectivity index (χ3n) is 1.76. The normalized spacial score (nSPS) is 10.6. The van der Waals surface area contributed by atoms with Crippen LogP contribution in [-0.2, 0) is 5.88 Å². The number of alkyl halides is 1. The summed E-state index contributed by atoms with van der Waals surface area (Å²) >= 11 is 5.68. The molecule has 1 aromatic carbocycles. The van der Waals surface area contributed by atoms with Crippen LogP contribution in [-0.4, -0.2) is 12.1 Å². The summed E-state index contributed by atoms with van der Waals surface area (Å²) in [6.07, 6.45) is 0.279. The van der Waals surface area contributed by atoms with Crippen LogP contribution < -0.4 is 4.74 Å². The first-order valence-corrected chi connectivity index (χ1v) is 4.36. The molecule has 0 atom stereocenters. The number of ether oxygens (including phenoxy) is 1. The summed E-state index contributed by atoms with van der Waals surface area (Å²) in [5, 5.41) is 0. The summed E-state index contributed by atoms with van der Waals surface area (Å²) in [6, 6.07) is 5.62. The second-order valence-corrected chi connectivity index (χ2v) is 2.89. The molecule has 0 fully saturated rings. The monoisotopic (exact) mass is 197 g/mol. The Kier molecular flexibility index (Phi) is 2.10. The fourth-order valence-electron chi connectivity index (χ4n) is 1.12. The number of rotatable bonds is 2. The summed E-state index contributed by atoms with van der Waals surface area (Å²) < 4.78 is 10.1. The second-order valence-electron chi connectivity index (χ2n) is 2.62. The fourth-order valence-corrected chi connectivity index (χ4v) is 1.29. The molecule has 68 valence electrons. The molecule has 2 aromatic rings. The lowest BCUT2D eigenvalue weighted by Crippen LogP contribution is -1.80. The van der Waals surface area contributed by atoms with E-state index in [1.807, 2.05) is 18.2 Å². The zero-order valence-electron chi connectivity index (χ0n) is 7.08. The highest BCUT2D eigenvalue weighted by Crippen LogP contribution is 2.21. The Balaban J connectivity index is 2.57. The molecule has 0 spiro atoms. The molecule has 0 N–H and O–H groups in total. The maximum atomic E-state index is 5.68. The van der Waals surface area contributed by atoms with Crippen molar-refractivity contribution in [2.24, 2.45) is 0 Å². The maximum Gasteiger partial charge on any atom is 0.394 e. The molecule has 1 heterocycles. The first-order chi connectivity index (χ1) is 6.33. The van der Waals surface area contributed by atoms with E-state index in [9.17, 15) is 0 Å². The van der Waals surface area contributed by atoms with Gasteiger partial charge in [0, 0.05) is 5.88 Å². The van der Waals surface area contributed by atoms with Crippen LogP contribution in [0.15, 0.2) is 22.6 Å². The van der Waals surface area contributed by atoms with Gasteiger partial charge in [-0.15, -0.1) is 11.6 Å². The quantitative estimate of drug-likeness (QED) is 0.695. The predicted octanol–water partition coefficient (Wildman–Crippen LogP) is 2.58. The Morgan fingerprint density at radius 3 is 3.08 bits per heavy atom. The summed E-state index contributed by atoms with van der Waals surface area (Å²) in [7, 11) is 1.52. The lowest BCUT2D eigenvalue weighted by atomic mass is 10.2. The number of oxazole rings is 1. The highest BCUT2D eigenvalue weighted by molar-refractivity contribution is 6.17. The topological polar surface area (TPSA) is 35.3 Å². The number of fused-ring (bicyclic) bond motifs is 1. The van der Waals surface area contributed by atoms with Gasteiger partial charge in [-0.05, 0) is 17.7 Å². The van der Waals surface area contributed by atoms with Crippen LogP contribution in [0.5, 0.6) is 6.08 Å². The summed E-state index contributed by atoms with van der Waals surface area (Å²) in [6.45, 7) is 0. The van der Waals surface area contributed by atoms with Gasteiger partial charge >= 0.3 is 6.08 Å².